The summed E-state index contributed by atoms with van der Waals surface area (Å²) in [4.78, 5) is 0.178. The maximum Gasteiger partial charge on any atom is 0.328 e. The predicted molar refractivity (Wildman–Crippen MR) is 102 cm³/mol. The van der Waals surface area contributed by atoms with Gasteiger partial charge in [-0.05, 0) is 55.0 Å². The third kappa shape index (κ3) is 4.10. The van der Waals surface area contributed by atoms with Crippen LogP contribution in [-0.4, -0.2) is 19.4 Å². The quantitative estimate of drug-likeness (QED) is 0.374. The smallest absolute Gasteiger partial charge is 0.328 e. The van der Waals surface area contributed by atoms with Gasteiger partial charge in [0.2, 0.25) is 0 Å². The number of aryl methyl sites for hydroxylation is 1. The number of anilines is 1. The Bertz CT molecular complexity index is 1030. The van der Waals surface area contributed by atoms with E-state index in [4.69, 9.17) is 0 Å². The Morgan fingerprint density at radius 2 is 1.54 bits per heavy atom. The van der Waals surface area contributed by atoms with E-state index < -0.39 is 10.0 Å². The van der Waals surface area contributed by atoms with Crippen molar-refractivity contribution in [2.24, 2.45) is 0 Å². The summed E-state index contributed by atoms with van der Waals surface area (Å²) < 4.78 is 28.1. The van der Waals surface area contributed by atoms with Gasteiger partial charge in [-0.1, -0.05) is 36.4 Å². The van der Waals surface area contributed by atoms with Crippen LogP contribution >= 0.6 is 0 Å². The first-order valence-corrected chi connectivity index (χ1v) is 9.51. The molecule has 26 heavy (non-hydrogen) atoms. The molecule has 6 heteroatoms. The first-order valence-electron chi connectivity index (χ1n) is 8.02. The summed E-state index contributed by atoms with van der Waals surface area (Å²) in [6.45, 7) is 1.77. The zero-order valence-electron chi connectivity index (χ0n) is 14.2. The molecule has 0 amide bonds. The standard InChI is InChI=1S/C20H18N2O3S/c1-15-14-17(12-13-19(15)23)21-20(16-8-4-2-5-9-16)22-26(24,25)18-10-6-3-7-11-18/h2-14,23H,1H3,(H,21,22)/p+1. The summed E-state index contributed by atoms with van der Waals surface area (Å²) in [6, 6.07) is 22.3. The van der Waals surface area contributed by atoms with E-state index >= 15 is 0 Å². The minimum Gasteiger partial charge on any atom is -0.508 e. The number of phenols is 1. The van der Waals surface area contributed by atoms with Gasteiger partial charge in [0.05, 0.1) is 5.56 Å². The Kier molecular flexibility index (Phi) is 5.04. The predicted octanol–water partition coefficient (Wildman–Crippen LogP) is 2.03. The van der Waals surface area contributed by atoms with Crippen LogP contribution < -0.4 is 9.71 Å². The van der Waals surface area contributed by atoms with Crippen LogP contribution in [0.25, 0.3) is 0 Å². The molecule has 0 bridgehead atoms. The molecule has 0 saturated heterocycles. The molecule has 0 aliphatic carbocycles. The molecule has 0 aromatic heterocycles. The number of hydrogen-bond acceptors (Lipinski definition) is 3. The number of amidine groups is 1. The van der Waals surface area contributed by atoms with E-state index in [-0.39, 0.29) is 10.6 Å². The van der Waals surface area contributed by atoms with Crippen molar-refractivity contribution in [3.8, 4) is 5.75 Å². The average molecular weight is 367 g/mol. The first kappa shape index (κ1) is 17.7. The topological polar surface area (TPSA) is 80.4 Å². The molecule has 5 nitrogen and oxygen atoms in total. The van der Waals surface area contributed by atoms with Crippen molar-refractivity contribution in [1.29, 1.82) is 0 Å². The highest BCUT2D eigenvalue weighted by Gasteiger charge is 2.20. The molecule has 3 N–H and O–H groups in total. The second-order valence-electron chi connectivity index (χ2n) is 5.79. The van der Waals surface area contributed by atoms with Gasteiger partial charge in [0.1, 0.15) is 16.3 Å². The Labute approximate surface area is 152 Å². The summed E-state index contributed by atoms with van der Waals surface area (Å²) in [5.74, 6) is 0.515. The molecule has 0 radical (unpaired) electrons. The van der Waals surface area contributed by atoms with Crippen molar-refractivity contribution in [1.82, 2.24) is 0 Å². The molecule has 0 heterocycles. The van der Waals surface area contributed by atoms with Gasteiger partial charge >= 0.3 is 10.0 Å². The highest BCUT2D eigenvalue weighted by molar-refractivity contribution is 7.84. The number of benzene rings is 3. The summed E-state index contributed by atoms with van der Waals surface area (Å²) >= 11 is 0. The van der Waals surface area contributed by atoms with Crippen LogP contribution in [0, 0.1) is 6.92 Å². The molecule has 0 saturated carbocycles. The maximum atomic E-state index is 12.7. The number of rotatable bonds is 4. The van der Waals surface area contributed by atoms with Crippen molar-refractivity contribution in [3.63, 3.8) is 0 Å². The van der Waals surface area contributed by atoms with Gasteiger partial charge in [0.25, 0.3) is 5.84 Å². The van der Waals surface area contributed by atoms with Gasteiger partial charge in [-0.3, -0.25) is 0 Å². The minimum absolute atomic E-state index is 0.178. The fraction of sp³-hybridized carbons (Fsp3) is 0.0500. The van der Waals surface area contributed by atoms with Crippen molar-refractivity contribution in [2.45, 2.75) is 11.8 Å². The van der Waals surface area contributed by atoms with Gasteiger partial charge in [-0.15, -0.1) is 0 Å². The van der Waals surface area contributed by atoms with Gasteiger partial charge < -0.3 is 5.11 Å². The van der Waals surface area contributed by atoms with Crippen LogP contribution in [0.15, 0.2) is 83.8 Å². The Balaban J connectivity index is 2.05. The molecule has 0 aliphatic heterocycles. The van der Waals surface area contributed by atoms with E-state index in [2.05, 4.69) is 9.71 Å². The molecule has 3 aromatic rings. The van der Waals surface area contributed by atoms with Crippen LogP contribution in [-0.2, 0) is 10.0 Å². The second kappa shape index (κ2) is 7.41. The fourth-order valence-electron chi connectivity index (χ4n) is 2.43. The van der Waals surface area contributed by atoms with Crippen LogP contribution in [0.4, 0.5) is 5.69 Å². The zero-order valence-corrected chi connectivity index (χ0v) is 15.0. The molecule has 0 spiro atoms. The lowest BCUT2D eigenvalue weighted by atomic mass is 10.1. The van der Waals surface area contributed by atoms with Crippen molar-refractivity contribution in [2.75, 3.05) is 5.32 Å². The summed E-state index contributed by atoms with van der Waals surface area (Å²) in [5.41, 5.74) is 2.04. The lowest BCUT2D eigenvalue weighted by molar-refractivity contribution is -0.266. The second-order valence-corrected chi connectivity index (χ2v) is 7.47. The lowest BCUT2D eigenvalue weighted by Gasteiger charge is -2.06. The van der Waals surface area contributed by atoms with E-state index in [1.165, 1.54) is 12.1 Å². The van der Waals surface area contributed by atoms with E-state index in [0.717, 1.165) is 0 Å². The largest absolute Gasteiger partial charge is 0.508 e. The summed E-state index contributed by atoms with van der Waals surface area (Å²) in [5, 5.41) is 12.8. The fourth-order valence-corrected chi connectivity index (χ4v) is 3.50. The normalized spacial score (nSPS) is 12.0. The number of hydrogen-bond donors (Lipinski definition) is 3. The molecule has 132 valence electrons. The molecule has 3 aromatic carbocycles. The Morgan fingerprint density at radius 3 is 2.15 bits per heavy atom. The number of aromatic hydroxyl groups is 1. The first-order chi connectivity index (χ1) is 12.5. The Morgan fingerprint density at radius 1 is 0.923 bits per heavy atom. The molecule has 0 atom stereocenters. The monoisotopic (exact) mass is 367 g/mol. The SMILES string of the molecule is Cc1cc(NC(=[NH+]S(=O)(=O)c2ccccc2)c2ccccc2)ccc1O. The third-order valence-corrected chi connectivity index (χ3v) is 5.18. The highest BCUT2D eigenvalue weighted by atomic mass is 32.2. The van der Waals surface area contributed by atoms with Gasteiger partial charge in [0, 0.05) is 0 Å². The van der Waals surface area contributed by atoms with Crippen molar-refractivity contribution >= 4 is 21.5 Å². The van der Waals surface area contributed by atoms with Crippen LogP contribution in [0.3, 0.4) is 0 Å². The molecule has 0 unspecified atom stereocenters. The number of phenolic OH excluding ortho intramolecular Hbond substituents is 1. The van der Waals surface area contributed by atoms with E-state index in [1.807, 2.05) is 30.3 Å². The van der Waals surface area contributed by atoms with Gasteiger partial charge in [0.15, 0.2) is 0 Å². The number of sulfonamides is 1. The third-order valence-electron chi connectivity index (χ3n) is 3.82. The van der Waals surface area contributed by atoms with E-state index in [1.54, 1.807) is 43.3 Å². The Hall–Kier alpha value is -3.12. The molecule has 0 fully saturated rings. The summed E-state index contributed by atoms with van der Waals surface area (Å²) in [6.07, 6.45) is 0. The van der Waals surface area contributed by atoms with Crippen LogP contribution in [0.1, 0.15) is 11.1 Å². The maximum absolute atomic E-state index is 12.7. The van der Waals surface area contributed by atoms with E-state index in [0.29, 0.717) is 22.6 Å². The highest BCUT2D eigenvalue weighted by Crippen LogP contribution is 2.20. The zero-order chi connectivity index (χ0) is 18.6. The lowest BCUT2D eigenvalue weighted by Crippen LogP contribution is -2.78. The van der Waals surface area contributed by atoms with Crippen LogP contribution in [0.5, 0.6) is 5.75 Å². The molecular formula is C20H19N2O3S+. The van der Waals surface area contributed by atoms with E-state index in [9.17, 15) is 13.5 Å². The van der Waals surface area contributed by atoms with Crippen molar-refractivity contribution in [3.05, 3.63) is 90.0 Å². The molecule has 0 aliphatic rings. The van der Waals surface area contributed by atoms with Gasteiger partial charge in [-0.2, -0.15) is 12.8 Å². The molecule has 3 rings (SSSR count). The minimum atomic E-state index is -3.74. The van der Waals surface area contributed by atoms with Crippen molar-refractivity contribution < 1.29 is 17.9 Å². The number of nitrogens with one attached hydrogen (secondary N) is 2. The van der Waals surface area contributed by atoms with Gasteiger partial charge in [-0.25, -0.2) is 5.32 Å². The van der Waals surface area contributed by atoms with Crippen LogP contribution in [0.2, 0.25) is 0 Å². The molecular weight excluding hydrogens is 348 g/mol. The average Bonchev–Trinajstić information content (AvgIpc) is 2.65. The summed E-state index contributed by atoms with van der Waals surface area (Å²) in [7, 11) is -3.74.